The number of ether oxygens (including phenoxy) is 2. The number of aromatic nitrogens is 2. The van der Waals surface area contributed by atoms with Gasteiger partial charge in [-0.2, -0.15) is 0 Å². The average molecular weight is 415 g/mol. The first-order valence-corrected chi connectivity index (χ1v) is 9.55. The van der Waals surface area contributed by atoms with Crippen LogP contribution < -0.4 is 9.47 Å². The van der Waals surface area contributed by atoms with E-state index in [0.717, 1.165) is 24.0 Å². The topological polar surface area (TPSA) is 61.3 Å². The number of nitrogens with zero attached hydrogens (tertiary/aromatic N) is 2. The third-order valence-electron chi connectivity index (χ3n) is 4.42. The van der Waals surface area contributed by atoms with E-state index in [0.29, 0.717) is 22.3 Å². The largest absolute Gasteiger partial charge is 0.434 e. The van der Waals surface area contributed by atoms with E-state index in [1.54, 1.807) is 18.2 Å². The lowest BCUT2D eigenvalue weighted by Gasteiger charge is -2.15. The zero-order valence-electron chi connectivity index (χ0n) is 15.0. The minimum Gasteiger partial charge on any atom is -0.434 e. The molecule has 1 aromatic heterocycles. The van der Waals surface area contributed by atoms with E-state index in [4.69, 9.17) is 32.7 Å². The predicted octanol–water partition coefficient (Wildman–Crippen LogP) is 5.98. The van der Waals surface area contributed by atoms with Crippen molar-refractivity contribution in [2.45, 2.75) is 25.7 Å². The number of benzene rings is 2. The number of hydrogen-bond acceptors (Lipinski definition) is 5. The molecule has 1 saturated carbocycles. The van der Waals surface area contributed by atoms with Crippen molar-refractivity contribution in [2.75, 3.05) is 0 Å². The molecule has 0 bridgehead atoms. The molecule has 142 valence electrons. The lowest BCUT2D eigenvalue weighted by molar-refractivity contribution is 0.0729. The van der Waals surface area contributed by atoms with Crippen molar-refractivity contribution < 1.29 is 14.3 Å². The van der Waals surface area contributed by atoms with Crippen LogP contribution in [0.25, 0.3) is 0 Å². The summed E-state index contributed by atoms with van der Waals surface area (Å²) < 4.78 is 11.5. The van der Waals surface area contributed by atoms with Crippen molar-refractivity contribution in [2.24, 2.45) is 0 Å². The van der Waals surface area contributed by atoms with Gasteiger partial charge >= 0.3 is 5.97 Å². The Morgan fingerprint density at radius 3 is 2.61 bits per heavy atom. The second-order valence-corrected chi connectivity index (χ2v) is 7.43. The van der Waals surface area contributed by atoms with Gasteiger partial charge in [0.25, 0.3) is 5.88 Å². The van der Waals surface area contributed by atoms with Crippen LogP contribution >= 0.6 is 23.2 Å². The van der Waals surface area contributed by atoms with E-state index in [-0.39, 0.29) is 16.8 Å². The summed E-state index contributed by atoms with van der Waals surface area (Å²) in [4.78, 5) is 12.5. The molecule has 5 nitrogen and oxygen atoms in total. The van der Waals surface area contributed by atoms with Crippen LogP contribution in [-0.2, 0) is 0 Å². The lowest BCUT2D eigenvalue weighted by Crippen LogP contribution is -2.10. The van der Waals surface area contributed by atoms with E-state index in [2.05, 4.69) is 10.2 Å². The number of rotatable bonds is 5. The van der Waals surface area contributed by atoms with Crippen molar-refractivity contribution >= 4 is 29.2 Å². The molecule has 0 unspecified atom stereocenters. The Balaban J connectivity index is 1.65. The Morgan fingerprint density at radius 1 is 1.07 bits per heavy atom. The van der Waals surface area contributed by atoms with Crippen molar-refractivity contribution in [3.05, 3.63) is 75.4 Å². The van der Waals surface area contributed by atoms with Gasteiger partial charge in [-0.3, -0.25) is 0 Å². The fourth-order valence-corrected chi connectivity index (χ4v) is 3.21. The molecule has 1 fully saturated rings. The molecule has 0 aliphatic heterocycles. The van der Waals surface area contributed by atoms with Crippen molar-refractivity contribution in [3.8, 4) is 17.4 Å². The van der Waals surface area contributed by atoms with E-state index in [1.165, 1.54) is 12.1 Å². The number of esters is 1. The van der Waals surface area contributed by atoms with Gasteiger partial charge in [0.15, 0.2) is 10.9 Å². The Kier molecular flexibility index (Phi) is 5.20. The first kappa shape index (κ1) is 18.7. The van der Waals surface area contributed by atoms with Crippen LogP contribution in [0.5, 0.6) is 17.4 Å². The molecule has 0 amide bonds. The molecule has 0 radical (unpaired) electrons. The Labute approximate surface area is 172 Å². The lowest BCUT2D eigenvalue weighted by atomic mass is 10.1. The van der Waals surface area contributed by atoms with E-state index < -0.39 is 5.97 Å². The average Bonchev–Trinajstić information content (AvgIpc) is 3.50. The number of aryl methyl sites for hydroxylation is 1. The molecule has 3 aromatic rings. The van der Waals surface area contributed by atoms with E-state index in [9.17, 15) is 4.79 Å². The predicted molar refractivity (Wildman–Crippen MR) is 107 cm³/mol. The van der Waals surface area contributed by atoms with Gasteiger partial charge in [0.05, 0.1) is 5.56 Å². The maximum Gasteiger partial charge on any atom is 0.343 e. The Bertz CT molecular complexity index is 1050. The molecule has 28 heavy (non-hydrogen) atoms. The summed E-state index contributed by atoms with van der Waals surface area (Å²) >= 11 is 11.9. The van der Waals surface area contributed by atoms with Gasteiger partial charge < -0.3 is 9.47 Å². The highest BCUT2D eigenvalue weighted by Crippen LogP contribution is 2.46. The molecular formula is C21H16Cl2N2O3. The molecular weight excluding hydrogens is 399 g/mol. The van der Waals surface area contributed by atoms with Gasteiger partial charge in [-0.05, 0) is 55.0 Å². The van der Waals surface area contributed by atoms with Crippen LogP contribution in [0.4, 0.5) is 0 Å². The Morgan fingerprint density at radius 2 is 1.86 bits per heavy atom. The van der Waals surface area contributed by atoms with Crippen molar-refractivity contribution in [1.82, 2.24) is 10.2 Å². The maximum atomic E-state index is 12.5. The smallest absolute Gasteiger partial charge is 0.343 e. The minimum absolute atomic E-state index is 0.0796. The zero-order chi connectivity index (χ0) is 19.7. The molecule has 0 spiro atoms. The molecule has 0 N–H and O–H groups in total. The van der Waals surface area contributed by atoms with Gasteiger partial charge in [-0.15, -0.1) is 10.2 Å². The SMILES string of the molecule is Cc1cccc(C2CC2)c1Oc1nnc(Cl)cc1OC(=O)c1cccc(Cl)c1. The molecule has 2 aromatic carbocycles. The first-order valence-electron chi connectivity index (χ1n) is 8.79. The van der Waals surface area contributed by atoms with Crippen LogP contribution in [-0.4, -0.2) is 16.2 Å². The second kappa shape index (κ2) is 7.78. The van der Waals surface area contributed by atoms with Gasteiger partial charge in [-0.1, -0.05) is 47.5 Å². The van der Waals surface area contributed by atoms with Crippen LogP contribution in [0.3, 0.4) is 0 Å². The first-order chi connectivity index (χ1) is 13.5. The van der Waals surface area contributed by atoms with Crippen LogP contribution in [0, 0.1) is 6.92 Å². The molecule has 1 aliphatic carbocycles. The summed E-state index contributed by atoms with van der Waals surface area (Å²) in [5.41, 5.74) is 2.39. The monoisotopic (exact) mass is 414 g/mol. The number of carbonyl (C=O) groups excluding carboxylic acids is 1. The normalized spacial score (nSPS) is 13.2. The highest BCUT2D eigenvalue weighted by molar-refractivity contribution is 6.31. The standard InChI is InChI=1S/C21H16Cl2N2O3/c1-12-4-2-7-16(13-8-9-13)19(12)28-20-17(11-18(23)24-25-20)27-21(26)14-5-3-6-15(22)10-14/h2-7,10-11,13H,8-9H2,1H3. The number of para-hydroxylation sites is 1. The minimum atomic E-state index is -0.594. The Hall–Kier alpha value is -2.63. The van der Waals surface area contributed by atoms with Gasteiger partial charge in [0.2, 0.25) is 0 Å². The number of carbonyl (C=O) groups is 1. The van der Waals surface area contributed by atoms with Crippen LogP contribution in [0.1, 0.15) is 40.2 Å². The summed E-state index contributed by atoms with van der Waals surface area (Å²) in [5, 5.41) is 8.35. The third kappa shape index (κ3) is 4.11. The van der Waals surface area contributed by atoms with Crippen molar-refractivity contribution in [3.63, 3.8) is 0 Å². The maximum absolute atomic E-state index is 12.5. The number of halogens is 2. The summed E-state index contributed by atoms with van der Waals surface area (Å²) in [5.74, 6) is 0.767. The van der Waals surface area contributed by atoms with Gasteiger partial charge in [-0.25, -0.2) is 4.79 Å². The molecule has 0 saturated heterocycles. The summed E-state index contributed by atoms with van der Waals surface area (Å²) in [6.45, 7) is 1.96. The van der Waals surface area contributed by atoms with Crippen LogP contribution in [0.15, 0.2) is 48.5 Å². The number of hydrogen-bond donors (Lipinski definition) is 0. The van der Waals surface area contributed by atoms with Gasteiger partial charge in [0, 0.05) is 11.1 Å². The van der Waals surface area contributed by atoms with E-state index >= 15 is 0 Å². The molecule has 0 atom stereocenters. The fraction of sp³-hybridized carbons (Fsp3) is 0.190. The summed E-state index contributed by atoms with van der Waals surface area (Å²) in [7, 11) is 0. The quantitative estimate of drug-likeness (QED) is 0.480. The molecule has 7 heteroatoms. The highest BCUT2D eigenvalue weighted by Gasteiger charge is 2.28. The van der Waals surface area contributed by atoms with Gasteiger partial charge in [0.1, 0.15) is 5.75 Å². The molecule has 4 rings (SSSR count). The molecule has 1 aliphatic rings. The van der Waals surface area contributed by atoms with E-state index in [1.807, 2.05) is 25.1 Å². The fourth-order valence-electron chi connectivity index (χ4n) is 2.89. The summed E-state index contributed by atoms with van der Waals surface area (Å²) in [6, 6.07) is 13.9. The summed E-state index contributed by atoms with van der Waals surface area (Å²) in [6.07, 6.45) is 2.26. The highest BCUT2D eigenvalue weighted by atomic mass is 35.5. The molecule has 1 heterocycles. The third-order valence-corrected chi connectivity index (χ3v) is 4.84. The van der Waals surface area contributed by atoms with Crippen molar-refractivity contribution in [1.29, 1.82) is 0 Å². The zero-order valence-corrected chi connectivity index (χ0v) is 16.5. The second-order valence-electron chi connectivity index (χ2n) is 6.61. The van der Waals surface area contributed by atoms with Crippen LogP contribution in [0.2, 0.25) is 10.2 Å².